The van der Waals surface area contributed by atoms with Gasteiger partial charge in [-0.25, -0.2) is 0 Å². The molecular weight excluding hydrogens is 196 g/mol. The predicted molar refractivity (Wildman–Crippen MR) is 68.3 cm³/mol. The minimum absolute atomic E-state index is 0.664. The molecule has 0 aliphatic carbocycles. The van der Waals surface area contributed by atoms with Gasteiger partial charge in [0.15, 0.2) is 0 Å². The SMILES string of the molecule is CC(CCCN)N1CCc2ccccc2C1. The van der Waals surface area contributed by atoms with Crippen molar-refractivity contribution in [2.45, 2.75) is 38.8 Å². The Morgan fingerprint density at radius 1 is 1.31 bits per heavy atom. The van der Waals surface area contributed by atoms with Crippen LogP contribution in [0.15, 0.2) is 24.3 Å². The molecule has 0 saturated heterocycles. The van der Waals surface area contributed by atoms with Crippen LogP contribution < -0.4 is 5.73 Å². The van der Waals surface area contributed by atoms with Gasteiger partial charge < -0.3 is 5.73 Å². The normalized spacial score (nSPS) is 18.1. The molecule has 1 heterocycles. The van der Waals surface area contributed by atoms with Crippen LogP contribution in [0.5, 0.6) is 0 Å². The van der Waals surface area contributed by atoms with E-state index in [0.717, 1.165) is 19.5 Å². The van der Waals surface area contributed by atoms with Crippen molar-refractivity contribution in [1.29, 1.82) is 0 Å². The molecule has 0 bridgehead atoms. The molecule has 0 saturated carbocycles. The monoisotopic (exact) mass is 218 g/mol. The first-order valence-corrected chi connectivity index (χ1v) is 6.32. The van der Waals surface area contributed by atoms with E-state index in [0.29, 0.717) is 6.04 Å². The Bertz CT molecular complexity index is 335. The van der Waals surface area contributed by atoms with E-state index in [9.17, 15) is 0 Å². The van der Waals surface area contributed by atoms with Crippen molar-refractivity contribution >= 4 is 0 Å². The number of benzene rings is 1. The average molecular weight is 218 g/mol. The van der Waals surface area contributed by atoms with Crippen LogP contribution >= 0.6 is 0 Å². The second-order valence-corrected chi connectivity index (χ2v) is 4.77. The van der Waals surface area contributed by atoms with Crippen LogP contribution in [-0.2, 0) is 13.0 Å². The standard InChI is InChI=1S/C14H22N2/c1-12(5-4-9-15)16-10-8-13-6-2-3-7-14(13)11-16/h2-3,6-7,12H,4-5,8-11,15H2,1H3. The number of hydrogen-bond donors (Lipinski definition) is 1. The van der Waals surface area contributed by atoms with Crippen LogP contribution in [0.1, 0.15) is 30.9 Å². The summed E-state index contributed by atoms with van der Waals surface area (Å²) in [6, 6.07) is 9.48. The zero-order valence-corrected chi connectivity index (χ0v) is 10.2. The van der Waals surface area contributed by atoms with Gasteiger partial charge in [0.1, 0.15) is 0 Å². The molecule has 2 nitrogen and oxygen atoms in total. The fourth-order valence-electron chi connectivity index (χ4n) is 2.49. The molecule has 2 N–H and O–H groups in total. The second-order valence-electron chi connectivity index (χ2n) is 4.77. The number of fused-ring (bicyclic) bond motifs is 1. The van der Waals surface area contributed by atoms with E-state index in [4.69, 9.17) is 5.73 Å². The highest BCUT2D eigenvalue weighted by Crippen LogP contribution is 2.21. The first kappa shape index (κ1) is 11.6. The maximum Gasteiger partial charge on any atom is 0.0239 e. The zero-order valence-electron chi connectivity index (χ0n) is 10.2. The van der Waals surface area contributed by atoms with Crippen LogP contribution in [-0.4, -0.2) is 24.0 Å². The van der Waals surface area contributed by atoms with Crippen LogP contribution in [0, 0.1) is 0 Å². The molecule has 1 aromatic carbocycles. The minimum Gasteiger partial charge on any atom is -0.330 e. The van der Waals surface area contributed by atoms with Gasteiger partial charge >= 0.3 is 0 Å². The van der Waals surface area contributed by atoms with Crippen molar-refractivity contribution in [1.82, 2.24) is 4.90 Å². The third-order valence-electron chi connectivity index (χ3n) is 3.61. The zero-order chi connectivity index (χ0) is 11.4. The van der Waals surface area contributed by atoms with E-state index >= 15 is 0 Å². The Morgan fingerprint density at radius 3 is 2.81 bits per heavy atom. The Kier molecular flexibility index (Phi) is 3.97. The molecule has 1 aliphatic heterocycles. The van der Waals surface area contributed by atoms with Gasteiger partial charge in [-0.3, -0.25) is 4.90 Å². The van der Waals surface area contributed by atoms with E-state index in [2.05, 4.69) is 36.1 Å². The van der Waals surface area contributed by atoms with Gasteiger partial charge in [-0.15, -0.1) is 0 Å². The molecular formula is C14H22N2. The molecule has 0 radical (unpaired) electrons. The molecule has 0 spiro atoms. The van der Waals surface area contributed by atoms with E-state index in [1.165, 1.54) is 30.5 Å². The second kappa shape index (κ2) is 5.46. The van der Waals surface area contributed by atoms with Crippen molar-refractivity contribution in [2.75, 3.05) is 13.1 Å². The third-order valence-corrected chi connectivity index (χ3v) is 3.61. The first-order chi connectivity index (χ1) is 7.81. The number of nitrogens with zero attached hydrogens (tertiary/aromatic N) is 1. The summed E-state index contributed by atoms with van der Waals surface area (Å²) in [6.07, 6.45) is 3.56. The summed E-state index contributed by atoms with van der Waals surface area (Å²) >= 11 is 0. The van der Waals surface area contributed by atoms with Crippen molar-refractivity contribution in [3.05, 3.63) is 35.4 Å². The summed E-state index contributed by atoms with van der Waals surface area (Å²) in [4.78, 5) is 2.58. The molecule has 0 amide bonds. The van der Waals surface area contributed by atoms with Crippen LogP contribution in [0.25, 0.3) is 0 Å². The van der Waals surface area contributed by atoms with Crippen molar-refractivity contribution in [3.63, 3.8) is 0 Å². The fourth-order valence-corrected chi connectivity index (χ4v) is 2.49. The lowest BCUT2D eigenvalue weighted by molar-refractivity contribution is 0.180. The van der Waals surface area contributed by atoms with Gasteiger partial charge in [-0.1, -0.05) is 24.3 Å². The number of hydrogen-bond acceptors (Lipinski definition) is 2. The Hall–Kier alpha value is -0.860. The number of nitrogens with two attached hydrogens (primary N) is 1. The summed E-state index contributed by atoms with van der Waals surface area (Å²) in [7, 11) is 0. The van der Waals surface area contributed by atoms with Gasteiger partial charge in [0.2, 0.25) is 0 Å². The topological polar surface area (TPSA) is 29.3 Å². The Morgan fingerprint density at radius 2 is 2.06 bits per heavy atom. The Labute approximate surface area is 98.4 Å². The summed E-state index contributed by atoms with van der Waals surface area (Å²) in [6.45, 7) is 5.45. The highest BCUT2D eigenvalue weighted by molar-refractivity contribution is 5.29. The molecule has 16 heavy (non-hydrogen) atoms. The molecule has 1 atom stereocenters. The van der Waals surface area contributed by atoms with Crippen molar-refractivity contribution in [2.24, 2.45) is 5.73 Å². The van der Waals surface area contributed by atoms with Crippen LogP contribution in [0.3, 0.4) is 0 Å². The summed E-state index contributed by atoms with van der Waals surface area (Å²) < 4.78 is 0. The molecule has 1 unspecified atom stereocenters. The maximum absolute atomic E-state index is 5.56. The molecule has 88 valence electrons. The molecule has 0 aromatic heterocycles. The highest BCUT2D eigenvalue weighted by Gasteiger charge is 2.19. The van der Waals surface area contributed by atoms with Crippen molar-refractivity contribution in [3.8, 4) is 0 Å². The van der Waals surface area contributed by atoms with Gasteiger partial charge in [-0.05, 0) is 43.9 Å². The predicted octanol–water partition coefficient (Wildman–Crippen LogP) is 2.17. The quantitative estimate of drug-likeness (QED) is 0.839. The average Bonchev–Trinajstić information content (AvgIpc) is 2.35. The lowest BCUT2D eigenvalue weighted by Crippen LogP contribution is -2.37. The van der Waals surface area contributed by atoms with E-state index in [-0.39, 0.29) is 0 Å². The van der Waals surface area contributed by atoms with Gasteiger partial charge in [0, 0.05) is 19.1 Å². The number of rotatable bonds is 4. The largest absolute Gasteiger partial charge is 0.330 e. The lowest BCUT2D eigenvalue weighted by Gasteiger charge is -2.33. The van der Waals surface area contributed by atoms with Gasteiger partial charge in [0.25, 0.3) is 0 Å². The van der Waals surface area contributed by atoms with Gasteiger partial charge in [-0.2, -0.15) is 0 Å². The minimum atomic E-state index is 0.664. The van der Waals surface area contributed by atoms with Crippen LogP contribution in [0.2, 0.25) is 0 Å². The molecule has 1 aromatic rings. The summed E-state index contributed by atoms with van der Waals surface area (Å²) in [5, 5.41) is 0. The summed E-state index contributed by atoms with van der Waals surface area (Å²) in [5.41, 5.74) is 8.60. The van der Waals surface area contributed by atoms with Crippen molar-refractivity contribution < 1.29 is 0 Å². The molecule has 1 aliphatic rings. The third kappa shape index (κ3) is 2.63. The maximum atomic E-state index is 5.56. The van der Waals surface area contributed by atoms with E-state index in [1.54, 1.807) is 0 Å². The summed E-state index contributed by atoms with van der Waals surface area (Å²) in [5.74, 6) is 0. The van der Waals surface area contributed by atoms with E-state index in [1.807, 2.05) is 0 Å². The Balaban J connectivity index is 1.97. The molecule has 2 rings (SSSR count). The fraction of sp³-hybridized carbons (Fsp3) is 0.571. The van der Waals surface area contributed by atoms with Gasteiger partial charge in [0.05, 0.1) is 0 Å². The molecule has 2 heteroatoms. The highest BCUT2D eigenvalue weighted by atomic mass is 15.2. The lowest BCUT2D eigenvalue weighted by atomic mass is 9.98. The molecule has 0 fully saturated rings. The smallest absolute Gasteiger partial charge is 0.0239 e. The van der Waals surface area contributed by atoms with E-state index < -0.39 is 0 Å². The first-order valence-electron chi connectivity index (χ1n) is 6.32. The van der Waals surface area contributed by atoms with Crippen LogP contribution in [0.4, 0.5) is 0 Å².